The fraction of sp³-hybridized carbons (Fsp3) is 0.522. The smallest absolute Gasteiger partial charge is 0.309 e. The Bertz CT molecular complexity index is 1060. The van der Waals surface area contributed by atoms with E-state index in [1.807, 2.05) is 13.8 Å². The first kappa shape index (κ1) is 22.5. The number of nitrogens with zero attached hydrogens (tertiary/aromatic N) is 2. The molecule has 1 saturated carbocycles. The molecule has 2 aliphatic rings. The van der Waals surface area contributed by atoms with Crippen LogP contribution in [0.25, 0.3) is 0 Å². The van der Waals surface area contributed by atoms with Gasteiger partial charge in [-0.1, -0.05) is 44.6 Å². The van der Waals surface area contributed by atoms with E-state index in [1.54, 1.807) is 17.0 Å². The normalized spacial score (nSPS) is 18.6. The van der Waals surface area contributed by atoms with Crippen LogP contribution in [0.3, 0.4) is 0 Å². The molecule has 3 N–H and O–H groups in total. The van der Waals surface area contributed by atoms with E-state index in [1.165, 1.54) is 12.1 Å². The molecular weight excluding hydrogens is 425 g/mol. The minimum Gasteiger partial charge on any atom is -0.309 e. The van der Waals surface area contributed by atoms with Gasteiger partial charge in [0.15, 0.2) is 5.82 Å². The summed E-state index contributed by atoms with van der Waals surface area (Å²) in [6.45, 7) is 10.8. The Morgan fingerprint density at radius 2 is 1.91 bits per heavy atom. The van der Waals surface area contributed by atoms with Crippen LogP contribution in [0.2, 0.25) is 24.2 Å². The van der Waals surface area contributed by atoms with Crippen molar-refractivity contribution < 1.29 is 14.0 Å². The van der Waals surface area contributed by atoms with Gasteiger partial charge in [0.2, 0.25) is 5.91 Å². The number of amides is 3. The number of halogens is 1. The third kappa shape index (κ3) is 3.34. The number of H-pyrrole nitrogens is 1. The van der Waals surface area contributed by atoms with Gasteiger partial charge in [0, 0.05) is 10.6 Å². The second kappa shape index (κ2) is 7.72. The van der Waals surface area contributed by atoms with Gasteiger partial charge in [-0.05, 0) is 38.8 Å². The average Bonchev–Trinajstić information content (AvgIpc) is 3.21. The number of hydrogen-bond donors (Lipinski definition) is 3. The van der Waals surface area contributed by atoms with Crippen LogP contribution in [0, 0.1) is 5.82 Å². The lowest BCUT2D eigenvalue weighted by molar-refractivity contribution is -0.121. The van der Waals surface area contributed by atoms with Crippen molar-refractivity contribution in [1.29, 1.82) is 0 Å². The molecule has 1 aliphatic heterocycles. The number of nitrogens with one attached hydrogen (secondary N) is 3. The Labute approximate surface area is 189 Å². The zero-order valence-electron chi connectivity index (χ0n) is 19.4. The van der Waals surface area contributed by atoms with Crippen LogP contribution in [0.1, 0.15) is 51.3 Å². The molecule has 172 valence electrons. The molecule has 0 atom stereocenters. The third-order valence-corrected chi connectivity index (χ3v) is 13.0. The Kier molecular flexibility index (Phi) is 5.43. The van der Waals surface area contributed by atoms with E-state index in [0.717, 1.165) is 36.6 Å². The summed E-state index contributed by atoms with van der Waals surface area (Å²) in [7, 11) is -1.73. The molecule has 0 spiro atoms. The standard InChI is InChI=1S/C23H32FN5O2Si/c1-6-32(4,5)23(12-9-13-23)20(30)26-19-15-14-29(22(2,3)18(15)27-28-19)21(31)25-17-11-8-7-10-16(17)24/h7-8,10-11H,6,9,12-14H2,1-5H3,(H,25,31)(H2,26,27,28,30). The molecule has 0 radical (unpaired) electrons. The Morgan fingerprint density at radius 1 is 1.22 bits per heavy atom. The number of fused-ring (bicyclic) bond motifs is 1. The topological polar surface area (TPSA) is 90.1 Å². The minimum atomic E-state index is -1.73. The lowest BCUT2D eigenvalue weighted by Gasteiger charge is -2.50. The van der Waals surface area contributed by atoms with Crippen LogP contribution in [0.5, 0.6) is 0 Å². The molecule has 2 aromatic rings. The number of aromatic amines is 1. The average molecular weight is 458 g/mol. The van der Waals surface area contributed by atoms with Gasteiger partial charge in [-0.3, -0.25) is 9.89 Å². The molecular formula is C23H32FN5O2Si. The number of benzene rings is 1. The van der Waals surface area contributed by atoms with E-state index in [2.05, 4.69) is 40.8 Å². The number of carbonyl (C=O) groups is 2. The van der Waals surface area contributed by atoms with Crippen molar-refractivity contribution in [3.05, 3.63) is 41.3 Å². The Balaban J connectivity index is 1.55. The number of urea groups is 1. The highest BCUT2D eigenvalue weighted by atomic mass is 28.3. The molecule has 1 aliphatic carbocycles. The first-order chi connectivity index (χ1) is 15.0. The maximum atomic E-state index is 14.0. The van der Waals surface area contributed by atoms with Gasteiger partial charge >= 0.3 is 6.03 Å². The Hall–Kier alpha value is -2.68. The summed E-state index contributed by atoms with van der Waals surface area (Å²) in [5, 5.41) is 12.9. The molecule has 2 heterocycles. The molecule has 1 aromatic heterocycles. The Morgan fingerprint density at radius 3 is 2.50 bits per heavy atom. The number of hydrogen-bond acceptors (Lipinski definition) is 3. The highest BCUT2D eigenvalue weighted by Crippen LogP contribution is 2.57. The molecule has 0 saturated heterocycles. The van der Waals surface area contributed by atoms with Gasteiger partial charge in [0.05, 0.1) is 31.5 Å². The van der Waals surface area contributed by atoms with Gasteiger partial charge in [-0.25, -0.2) is 9.18 Å². The maximum Gasteiger partial charge on any atom is 0.323 e. The molecule has 9 heteroatoms. The van der Waals surface area contributed by atoms with Gasteiger partial charge in [0.1, 0.15) is 5.82 Å². The van der Waals surface area contributed by atoms with Gasteiger partial charge < -0.3 is 15.5 Å². The summed E-state index contributed by atoms with van der Waals surface area (Å²) >= 11 is 0. The van der Waals surface area contributed by atoms with Crippen molar-refractivity contribution in [2.45, 2.75) is 76.3 Å². The predicted molar refractivity (Wildman–Crippen MR) is 126 cm³/mol. The van der Waals surface area contributed by atoms with Crippen molar-refractivity contribution in [3.63, 3.8) is 0 Å². The SMILES string of the molecule is CC[Si](C)(C)C1(C(=O)Nc2n[nH]c3c2CN(C(=O)Nc2ccccc2F)C3(C)C)CCC1. The number of aromatic nitrogens is 2. The maximum absolute atomic E-state index is 14.0. The lowest BCUT2D eigenvalue weighted by atomic mass is 9.83. The highest BCUT2D eigenvalue weighted by molar-refractivity contribution is 6.84. The zero-order chi connectivity index (χ0) is 23.3. The summed E-state index contributed by atoms with van der Waals surface area (Å²) in [4.78, 5) is 28.0. The van der Waals surface area contributed by atoms with Crippen LogP contribution >= 0.6 is 0 Å². The molecule has 4 rings (SSSR count). The summed E-state index contributed by atoms with van der Waals surface area (Å²) in [6.07, 6.45) is 2.95. The molecule has 7 nitrogen and oxygen atoms in total. The molecule has 1 fully saturated rings. The summed E-state index contributed by atoms with van der Waals surface area (Å²) in [5.41, 5.74) is 1.03. The number of para-hydroxylation sites is 1. The molecule has 1 aromatic carbocycles. The van der Waals surface area contributed by atoms with Crippen LogP contribution in [0.15, 0.2) is 24.3 Å². The summed E-state index contributed by atoms with van der Waals surface area (Å²) in [6, 6.07) is 6.73. The van der Waals surface area contributed by atoms with Gasteiger partial charge in [-0.15, -0.1) is 0 Å². The summed E-state index contributed by atoms with van der Waals surface area (Å²) < 4.78 is 14.0. The van der Waals surface area contributed by atoms with Crippen molar-refractivity contribution in [2.24, 2.45) is 0 Å². The molecule has 3 amide bonds. The fourth-order valence-corrected chi connectivity index (χ4v) is 8.06. The zero-order valence-corrected chi connectivity index (χ0v) is 20.4. The van der Waals surface area contributed by atoms with Crippen molar-refractivity contribution in [2.75, 3.05) is 10.6 Å². The van der Waals surface area contributed by atoms with Crippen molar-refractivity contribution >= 4 is 31.5 Å². The third-order valence-electron chi connectivity index (χ3n) is 7.88. The fourth-order valence-electron chi connectivity index (χ4n) is 5.00. The van der Waals surface area contributed by atoms with E-state index in [0.29, 0.717) is 5.82 Å². The predicted octanol–water partition coefficient (Wildman–Crippen LogP) is 5.42. The highest BCUT2D eigenvalue weighted by Gasteiger charge is 2.55. The minimum absolute atomic E-state index is 0.0589. The van der Waals surface area contributed by atoms with Crippen LogP contribution in [-0.4, -0.2) is 35.1 Å². The second-order valence-corrected chi connectivity index (χ2v) is 15.5. The van der Waals surface area contributed by atoms with E-state index < -0.39 is 25.5 Å². The van der Waals surface area contributed by atoms with E-state index in [-0.39, 0.29) is 23.2 Å². The first-order valence-corrected chi connectivity index (χ1v) is 14.5. The van der Waals surface area contributed by atoms with E-state index in [9.17, 15) is 14.0 Å². The van der Waals surface area contributed by atoms with Gasteiger partial charge in [0.25, 0.3) is 0 Å². The monoisotopic (exact) mass is 457 g/mol. The summed E-state index contributed by atoms with van der Waals surface area (Å²) in [5.74, 6) is 0.0644. The van der Waals surface area contributed by atoms with Crippen molar-refractivity contribution in [1.82, 2.24) is 15.1 Å². The van der Waals surface area contributed by atoms with Crippen molar-refractivity contribution in [3.8, 4) is 0 Å². The molecule has 0 unspecified atom stereocenters. The van der Waals surface area contributed by atoms with E-state index >= 15 is 0 Å². The number of rotatable bonds is 5. The van der Waals surface area contributed by atoms with Crippen LogP contribution in [-0.2, 0) is 16.9 Å². The molecule has 32 heavy (non-hydrogen) atoms. The van der Waals surface area contributed by atoms with Crippen LogP contribution in [0.4, 0.5) is 20.7 Å². The van der Waals surface area contributed by atoms with E-state index in [4.69, 9.17) is 0 Å². The largest absolute Gasteiger partial charge is 0.323 e. The molecule has 0 bridgehead atoms. The number of carbonyl (C=O) groups excluding carboxylic acids is 2. The lowest BCUT2D eigenvalue weighted by Crippen LogP contribution is -2.53. The van der Waals surface area contributed by atoms with Gasteiger partial charge in [-0.2, -0.15) is 5.10 Å². The number of anilines is 2. The first-order valence-electron chi connectivity index (χ1n) is 11.3. The second-order valence-electron chi connectivity index (χ2n) is 10.1. The quantitative estimate of drug-likeness (QED) is 0.524. The van der Waals surface area contributed by atoms with Crippen LogP contribution < -0.4 is 10.6 Å².